The summed E-state index contributed by atoms with van der Waals surface area (Å²) in [5, 5.41) is 7.44. The van der Waals surface area contributed by atoms with Crippen molar-refractivity contribution in [2.75, 3.05) is 0 Å². The number of hydrogen-bond acceptors (Lipinski definition) is 4. The Labute approximate surface area is 113 Å². The van der Waals surface area contributed by atoms with E-state index in [1.54, 1.807) is 24.7 Å². The summed E-state index contributed by atoms with van der Waals surface area (Å²) >= 11 is 5.85. The van der Waals surface area contributed by atoms with E-state index in [2.05, 4.69) is 25.8 Å². The Kier molecular flexibility index (Phi) is 2.92. The Balaban J connectivity index is 1.94. The molecule has 7 heteroatoms. The van der Waals surface area contributed by atoms with Gasteiger partial charge in [0.1, 0.15) is 5.92 Å². The third kappa shape index (κ3) is 2.30. The molecule has 6 nitrogen and oxygen atoms in total. The molecule has 1 aromatic heterocycles. The number of aromatic nitrogens is 1. The first-order chi connectivity index (χ1) is 9.24. The number of rotatable bonds is 2. The molecular weight excluding hydrogens is 266 g/mol. The first kappa shape index (κ1) is 11.7. The molecule has 3 N–H and O–H groups in total. The van der Waals surface area contributed by atoms with Crippen LogP contribution in [0.2, 0.25) is 5.02 Å². The van der Waals surface area contributed by atoms with Crippen LogP contribution in [0.25, 0.3) is 6.08 Å². The van der Waals surface area contributed by atoms with Crippen LogP contribution in [0.5, 0.6) is 0 Å². The minimum Gasteiger partial charge on any atom is -0.360 e. The van der Waals surface area contributed by atoms with Crippen LogP contribution in [0, 0.1) is 5.92 Å². The maximum atomic E-state index is 11.7. The van der Waals surface area contributed by atoms with Gasteiger partial charge in [-0.05, 0) is 12.1 Å². The summed E-state index contributed by atoms with van der Waals surface area (Å²) in [5.74, 6) is -0.666. The molecule has 96 valence electrons. The summed E-state index contributed by atoms with van der Waals surface area (Å²) in [7, 11) is 0. The van der Waals surface area contributed by atoms with Crippen LogP contribution in [0.15, 0.2) is 40.5 Å². The smallest absolute Gasteiger partial charge is 0.254 e. The predicted molar refractivity (Wildman–Crippen MR) is 73.6 cm³/mol. The lowest BCUT2D eigenvalue weighted by molar-refractivity contribution is -0.120. The lowest BCUT2D eigenvalue weighted by atomic mass is 10.0. The molecule has 19 heavy (non-hydrogen) atoms. The summed E-state index contributed by atoms with van der Waals surface area (Å²) in [6, 6.07) is 1.79. The highest BCUT2D eigenvalue weighted by Crippen LogP contribution is 2.17. The van der Waals surface area contributed by atoms with Gasteiger partial charge < -0.3 is 10.3 Å². The van der Waals surface area contributed by atoms with E-state index >= 15 is 0 Å². The van der Waals surface area contributed by atoms with Crippen molar-refractivity contribution in [2.45, 2.75) is 0 Å². The molecule has 2 aliphatic heterocycles. The van der Waals surface area contributed by atoms with E-state index < -0.39 is 5.92 Å². The van der Waals surface area contributed by atoms with Crippen LogP contribution in [-0.2, 0) is 4.79 Å². The molecule has 3 heterocycles. The molecule has 0 bridgehead atoms. The van der Waals surface area contributed by atoms with E-state index in [1.165, 1.54) is 6.21 Å². The highest BCUT2D eigenvalue weighted by Gasteiger charge is 2.29. The van der Waals surface area contributed by atoms with Crippen LogP contribution in [0.3, 0.4) is 0 Å². The van der Waals surface area contributed by atoms with Crippen LogP contribution in [0.1, 0.15) is 5.69 Å². The van der Waals surface area contributed by atoms with E-state index in [4.69, 9.17) is 11.6 Å². The number of halogens is 1. The second-order valence-electron chi connectivity index (χ2n) is 4.04. The molecule has 1 unspecified atom stereocenters. The molecule has 0 saturated heterocycles. The highest BCUT2D eigenvalue weighted by molar-refractivity contribution is 6.30. The Morgan fingerprint density at radius 1 is 1.42 bits per heavy atom. The second kappa shape index (κ2) is 4.74. The van der Waals surface area contributed by atoms with Gasteiger partial charge in [0.15, 0.2) is 0 Å². The number of nitrogens with zero attached hydrogens (tertiary/aromatic N) is 2. The van der Waals surface area contributed by atoms with Crippen LogP contribution < -0.4 is 10.7 Å². The van der Waals surface area contributed by atoms with Gasteiger partial charge in [-0.25, -0.2) is 5.43 Å². The van der Waals surface area contributed by atoms with Gasteiger partial charge in [-0.3, -0.25) is 9.79 Å². The zero-order valence-electron chi connectivity index (χ0n) is 9.72. The predicted octanol–water partition coefficient (Wildman–Crippen LogP) is 1.26. The quantitative estimate of drug-likeness (QED) is 0.759. The van der Waals surface area contributed by atoms with Crippen molar-refractivity contribution in [2.24, 2.45) is 16.0 Å². The Hall–Kier alpha value is -2.34. The van der Waals surface area contributed by atoms with Gasteiger partial charge in [0.25, 0.3) is 5.91 Å². The minimum absolute atomic E-state index is 0.189. The van der Waals surface area contributed by atoms with E-state index in [-0.39, 0.29) is 5.91 Å². The average Bonchev–Trinajstić information content (AvgIpc) is 2.99. The lowest BCUT2D eigenvalue weighted by Gasteiger charge is -2.16. The number of hydrazone groups is 1. The summed E-state index contributed by atoms with van der Waals surface area (Å²) < 4.78 is 0. The average molecular weight is 276 g/mol. The van der Waals surface area contributed by atoms with Crippen molar-refractivity contribution in [1.82, 2.24) is 15.7 Å². The first-order valence-electron chi connectivity index (χ1n) is 5.62. The number of allylic oxidation sites excluding steroid dienone is 1. The van der Waals surface area contributed by atoms with Crippen molar-refractivity contribution in [1.29, 1.82) is 0 Å². The number of carbonyl (C=O) groups is 1. The number of aromatic amines is 1. The van der Waals surface area contributed by atoms with Gasteiger partial charge >= 0.3 is 0 Å². The third-order valence-electron chi connectivity index (χ3n) is 2.75. The number of carbonyl (C=O) groups excluding carboxylic acids is 1. The van der Waals surface area contributed by atoms with Crippen molar-refractivity contribution in [3.05, 3.63) is 41.1 Å². The molecule has 0 aromatic carbocycles. The number of amides is 1. The van der Waals surface area contributed by atoms with Crippen molar-refractivity contribution < 1.29 is 4.79 Å². The van der Waals surface area contributed by atoms with Gasteiger partial charge in [0.2, 0.25) is 0 Å². The molecule has 0 aliphatic carbocycles. The van der Waals surface area contributed by atoms with Gasteiger partial charge in [0.05, 0.1) is 16.4 Å². The maximum absolute atomic E-state index is 11.7. The van der Waals surface area contributed by atoms with Crippen molar-refractivity contribution in [3.63, 3.8) is 0 Å². The summed E-state index contributed by atoms with van der Waals surface area (Å²) in [6.07, 6.45) is 8.37. The van der Waals surface area contributed by atoms with E-state index in [9.17, 15) is 4.79 Å². The van der Waals surface area contributed by atoms with Gasteiger partial charge in [0, 0.05) is 30.5 Å². The fourth-order valence-corrected chi connectivity index (χ4v) is 2.05. The molecule has 1 atom stereocenters. The number of nitrogens with one attached hydrogen (secondary N) is 3. The highest BCUT2D eigenvalue weighted by atomic mass is 35.5. The Morgan fingerprint density at radius 3 is 3.00 bits per heavy atom. The van der Waals surface area contributed by atoms with Crippen LogP contribution in [0.4, 0.5) is 0 Å². The largest absolute Gasteiger partial charge is 0.360 e. The zero-order valence-corrected chi connectivity index (χ0v) is 10.5. The summed E-state index contributed by atoms with van der Waals surface area (Å²) in [6.45, 7) is 0. The molecular formula is C12H10ClN5O. The molecule has 2 aliphatic rings. The SMILES string of the molecule is O=C1NN=CC1C1=NC=CNC1=Cc1cc(Cl)c[nH]1. The van der Waals surface area contributed by atoms with Gasteiger partial charge in [-0.1, -0.05) is 11.6 Å². The maximum Gasteiger partial charge on any atom is 0.254 e. The number of H-pyrrole nitrogens is 1. The van der Waals surface area contributed by atoms with Gasteiger partial charge in [-0.2, -0.15) is 5.10 Å². The monoisotopic (exact) mass is 275 g/mol. The molecule has 0 spiro atoms. The van der Waals surface area contributed by atoms with Crippen LogP contribution in [-0.4, -0.2) is 22.8 Å². The fraction of sp³-hybridized carbons (Fsp3) is 0.0833. The van der Waals surface area contributed by atoms with E-state index in [1.807, 2.05) is 6.08 Å². The summed E-state index contributed by atoms with van der Waals surface area (Å²) in [4.78, 5) is 18.9. The number of hydrogen-bond donors (Lipinski definition) is 3. The normalized spacial score (nSPS) is 23.4. The van der Waals surface area contributed by atoms with Crippen LogP contribution >= 0.6 is 11.6 Å². The molecule has 3 rings (SSSR count). The molecule has 1 amide bonds. The standard InChI is InChI=1S/C12H10ClN5O/c13-7-3-8(16-5-7)4-10-11(15-2-1-14-10)9-6-17-18-12(9)19/h1-6,9,14,16H,(H,18,19). The topological polar surface area (TPSA) is 81.6 Å². The molecule has 0 fully saturated rings. The van der Waals surface area contributed by atoms with E-state index in [0.29, 0.717) is 10.7 Å². The van der Waals surface area contributed by atoms with Crippen molar-refractivity contribution in [3.8, 4) is 0 Å². The Bertz CT molecular complexity index is 640. The van der Waals surface area contributed by atoms with Gasteiger partial charge in [-0.15, -0.1) is 0 Å². The molecule has 0 saturated carbocycles. The first-order valence-corrected chi connectivity index (χ1v) is 6.00. The van der Waals surface area contributed by atoms with E-state index in [0.717, 1.165) is 11.4 Å². The molecule has 0 radical (unpaired) electrons. The van der Waals surface area contributed by atoms with Crippen molar-refractivity contribution >= 4 is 35.5 Å². The summed E-state index contributed by atoms with van der Waals surface area (Å²) in [5.41, 5.74) is 4.57. The third-order valence-corrected chi connectivity index (χ3v) is 2.97. The number of aliphatic imine (C=N–C) groups is 1. The molecule has 1 aromatic rings. The lowest BCUT2D eigenvalue weighted by Crippen LogP contribution is -2.32. The second-order valence-corrected chi connectivity index (χ2v) is 4.47. The Morgan fingerprint density at radius 2 is 2.32 bits per heavy atom. The zero-order chi connectivity index (χ0) is 13.2. The fourth-order valence-electron chi connectivity index (χ4n) is 1.88. The minimum atomic E-state index is -0.478.